The van der Waals surface area contributed by atoms with Gasteiger partial charge in [-0.05, 0) is 39.2 Å². The van der Waals surface area contributed by atoms with E-state index in [1.165, 1.54) is 5.57 Å². The number of carbonyl (C=O) groups excluding carboxylic acids is 1. The number of likely N-dealkylation sites (tertiary alicyclic amines) is 1. The Morgan fingerprint density at radius 2 is 1.96 bits per heavy atom. The second-order valence-corrected chi connectivity index (χ2v) is 7.26. The van der Waals surface area contributed by atoms with Gasteiger partial charge in [-0.3, -0.25) is 19.3 Å². The van der Waals surface area contributed by atoms with Crippen LogP contribution in [0.3, 0.4) is 0 Å². The van der Waals surface area contributed by atoms with Gasteiger partial charge in [0.2, 0.25) is 5.91 Å². The molecule has 0 aromatic carbocycles. The summed E-state index contributed by atoms with van der Waals surface area (Å²) in [5.74, 6) is 1.93. The molecule has 4 rings (SSSR count). The molecule has 26 heavy (non-hydrogen) atoms. The van der Waals surface area contributed by atoms with Crippen molar-refractivity contribution in [1.82, 2.24) is 19.8 Å². The molecular weight excluding hydrogens is 330 g/mol. The van der Waals surface area contributed by atoms with Crippen molar-refractivity contribution >= 4 is 17.8 Å². The van der Waals surface area contributed by atoms with E-state index in [1.807, 2.05) is 37.9 Å². The van der Waals surface area contributed by atoms with Crippen LogP contribution in [-0.4, -0.2) is 51.4 Å². The Morgan fingerprint density at radius 3 is 2.58 bits per heavy atom. The Kier molecular flexibility index (Phi) is 4.40. The maximum Gasteiger partial charge on any atom is 0.245 e. The molecule has 0 N–H and O–H groups in total. The van der Waals surface area contributed by atoms with Crippen LogP contribution in [0.1, 0.15) is 36.4 Å². The number of rotatable bonds is 3. The molecule has 2 aromatic rings. The predicted molar refractivity (Wildman–Crippen MR) is 98.7 cm³/mol. The molecule has 2 aromatic heterocycles. The van der Waals surface area contributed by atoms with Crippen LogP contribution in [0, 0.1) is 13.8 Å². The molecule has 2 fully saturated rings. The lowest BCUT2D eigenvalue weighted by molar-refractivity contribution is -0.121. The third kappa shape index (κ3) is 3.19. The van der Waals surface area contributed by atoms with Crippen molar-refractivity contribution in [2.24, 2.45) is 7.05 Å². The highest BCUT2D eigenvalue weighted by atomic mass is 16.5. The lowest BCUT2D eigenvalue weighted by atomic mass is 10.0. The van der Waals surface area contributed by atoms with Crippen molar-refractivity contribution in [2.45, 2.75) is 39.2 Å². The highest BCUT2D eigenvalue weighted by Crippen LogP contribution is 2.28. The minimum atomic E-state index is -0.0129. The number of hydrogen-bond acceptors (Lipinski definition) is 5. The number of nitrogens with zero attached hydrogens (tertiary/aromatic N) is 5. The zero-order chi connectivity index (χ0) is 18.3. The van der Waals surface area contributed by atoms with Crippen LogP contribution in [0.2, 0.25) is 0 Å². The molecular formula is C19H25N5O2. The molecule has 0 saturated carbocycles. The summed E-state index contributed by atoms with van der Waals surface area (Å²) in [6, 6.07) is 3.92. The van der Waals surface area contributed by atoms with Gasteiger partial charge in [0.1, 0.15) is 17.3 Å². The first kappa shape index (κ1) is 17.0. The van der Waals surface area contributed by atoms with Crippen molar-refractivity contribution in [3.63, 3.8) is 0 Å². The minimum Gasteiger partial charge on any atom is -0.361 e. The maximum absolute atomic E-state index is 12.9. The van der Waals surface area contributed by atoms with Crippen LogP contribution in [0.25, 0.3) is 6.08 Å². The average molecular weight is 355 g/mol. The maximum atomic E-state index is 12.9. The molecule has 2 aliphatic rings. The number of hydrogen-bond donors (Lipinski definition) is 0. The summed E-state index contributed by atoms with van der Waals surface area (Å²) < 4.78 is 6.92. The third-order valence-electron chi connectivity index (χ3n) is 5.31. The summed E-state index contributed by atoms with van der Waals surface area (Å²) in [5, 5.41) is 8.41. The second kappa shape index (κ2) is 6.72. The van der Waals surface area contributed by atoms with Crippen molar-refractivity contribution in [1.29, 1.82) is 0 Å². The summed E-state index contributed by atoms with van der Waals surface area (Å²) in [5.41, 5.74) is 3.20. The van der Waals surface area contributed by atoms with Gasteiger partial charge in [-0.25, -0.2) is 0 Å². The molecule has 1 atom stereocenters. The van der Waals surface area contributed by atoms with Gasteiger partial charge < -0.3 is 4.52 Å². The number of amides is 1. The van der Waals surface area contributed by atoms with Gasteiger partial charge in [-0.15, -0.1) is 0 Å². The fourth-order valence-electron chi connectivity index (χ4n) is 4.01. The Bertz CT molecular complexity index is 840. The zero-order valence-corrected chi connectivity index (χ0v) is 15.6. The van der Waals surface area contributed by atoms with Crippen LogP contribution < -0.4 is 4.90 Å². The van der Waals surface area contributed by atoms with E-state index in [2.05, 4.69) is 21.2 Å². The molecule has 7 nitrogen and oxygen atoms in total. The van der Waals surface area contributed by atoms with Crippen molar-refractivity contribution in [3.05, 3.63) is 34.9 Å². The Hall–Kier alpha value is -2.41. The SMILES string of the molecule is Cc1cc(N2CCC(N3CCC(=Cc4cc(C)on4)CC3)C2=O)n(C)n1. The van der Waals surface area contributed by atoms with Crippen LogP contribution >= 0.6 is 0 Å². The summed E-state index contributed by atoms with van der Waals surface area (Å²) >= 11 is 0. The van der Waals surface area contributed by atoms with Gasteiger partial charge >= 0.3 is 0 Å². The first-order chi connectivity index (χ1) is 12.5. The fourth-order valence-corrected chi connectivity index (χ4v) is 4.01. The predicted octanol–water partition coefficient (Wildman–Crippen LogP) is 2.31. The second-order valence-electron chi connectivity index (χ2n) is 7.26. The minimum absolute atomic E-state index is 0.0129. The molecule has 1 unspecified atom stereocenters. The lowest BCUT2D eigenvalue weighted by Crippen LogP contribution is -2.45. The van der Waals surface area contributed by atoms with Gasteiger partial charge in [0.15, 0.2) is 0 Å². The smallest absolute Gasteiger partial charge is 0.245 e. The quantitative estimate of drug-likeness (QED) is 0.845. The average Bonchev–Trinajstić information content (AvgIpc) is 3.28. The Labute approximate surface area is 153 Å². The highest BCUT2D eigenvalue weighted by Gasteiger charge is 2.38. The van der Waals surface area contributed by atoms with Crippen LogP contribution in [-0.2, 0) is 11.8 Å². The number of aryl methyl sites for hydroxylation is 3. The zero-order valence-electron chi connectivity index (χ0n) is 15.6. The summed E-state index contributed by atoms with van der Waals surface area (Å²) in [7, 11) is 1.90. The first-order valence-corrected chi connectivity index (χ1v) is 9.20. The molecule has 2 aliphatic heterocycles. The molecule has 0 spiro atoms. The highest BCUT2D eigenvalue weighted by molar-refractivity contribution is 5.98. The number of piperidine rings is 1. The monoisotopic (exact) mass is 355 g/mol. The van der Waals surface area contributed by atoms with E-state index in [0.717, 1.165) is 61.9 Å². The van der Waals surface area contributed by atoms with Gasteiger partial charge in [-0.1, -0.05) is 10.7 Å². The molecule has 7 heteroatoms. The third-order valence-corrected chi connectivity index (χ3v) is 5.31. The van der Waals surface area contributed by atoms with Crippen LogP contribution in [0.15, 0.2) is 22.2 Å². The van der Waals surface area contributed by atoms with Crippen molar-refractivity contribution < 1.29 is 9.32 Å². The van der Waals surface area contributed by atoms with Gasteiger partial charge in [-0.2, -0.15) is 5.10 Å². The molecule has 1 amide bonds. The van der Waals surface area contributed by atoms with Crippen molar-refractivity contribution in [2.75, 3.05) is 24.5 Å². The van der Waals surface area contributed by atoms with E-state index in [9.17, 15) is 4.79 Å². The van der Waals surface area contributed by atoms with E-state index in [0.29, 0.717) is 0 Å². The summed E-state index contributed by atoms with van der Waals surface area (Å²) in [6.45, 7) is 6.45. The first-order valence-electron chi connectivity index (χ1n) is 9.20. The topological polar surface area (TPSA) is 67.4 Å². The molecule has 0 aliphatic carbocycles. The fraction of sp³-hybridized carbons (Fsp3) is 0.526. The van der Waals surface area contributed by atoms with E-state index in [1.54, 1.807) is 4.68 Å². The molecule has 0 bridgehead atoms. The van der Waals surface area contributed by atoms with E-state index >= 15 is 0 Å². The van der Waals surface area contributed by atoms with Gasteiger partial charge in [0.25, 0.3) is 0 Å². The normalized spacial score (nSPS) is 21.7. The molecule has 2 saturated heterocycles. The van der Waals surface area contributed by atoms with Crippen LogP contribution in [0.5, 0.6) is 0 Å². The van der Waals surface area contributed by atoms with Gasteiger partial charge in [0, 0.05) is 38.8 Å². The number of carbonyl (C=O) groups is 1. The standard InChI is InChI=1S/C19H25N5O2/c1-13-10-18(22(3)20-13)24-9-6-17(19(24)25)23-7-4-15(5-8-23)12-16-11-14(2)26-21-16/h10-12,17H,4-9H2,1-3H3. The Morgan fingerprint density at radius 1 is 1.19 bits per heavy atom. The number of aromatic nitrogens is 3. The van der Waals surface area contributed by atoms with E-state index in [4.69, 9.17) is 4.52 Å². The van der Waals surface area contributed by atoms with Crippen LogP contribution in [0.4, 0.5) is 5.82 Å². The van der Waals surface area contributed by atoms with E-state index < -0.39 is 0 Å². The van der Waals surface area contributed by atoms with E-state index in [-0.39, 0.29) is 11.9 Å². The summed E-state index contributed by atoms with van der Waals surface area (Å²) in [4.78, 5) is 17.2. The number of anilines is 1. The Balaban J connectivity index is 1.40. The largest absolute Gasteiger partial charge is 0.361 e. The summed E-state index contributed by atoms with van der Waals surface area (Å²) in [6.07, 6.45) is 4.95. The molecule has 4 heterocycles. The van der Waals surface area contributed by atoms with Crippen molar-refractivity contribution in [3.8, 4) is 0 Å². The molecule has 138 valence electrons. The van der Waals surface area contributed by atoms with Gasteiger partial charge in [0.05, 0.1) is 11.7 Å². The lowest BCUT2D eigenvalue weighted by Gasteiger charge is -2.32. The molecule has 0 radical (unpaired) electrons.